The van der Waals surface area contributed by atoms with E-state index in [0.29, 0.717) is 6.42 Å². The van der Waals surface area contributed by atoms with Crippen LogP contribution in [0.4, 0.5) is 10.1 Å². The van der Waals surface area contributed by atoms with Gasteiger partial charge in [0.15, 0.2) is 0 Å². The molecule has 1 aromatic carbocycles. The molecular weight excluding hydrogens is 245 g/mol. The molecular formula is C15H20FNO2. The van der Waals surface area contributed by atoms with E-state index in [1.54, 1.807) is 19.9 Å². The zero-order valence-electron chi connectivity index (χ0n) is 11.4. The van der Waals surface area contributed by atoms with Crippen molar-refractivity contribution in [3.63, 3.8) is 0 Å². The number of anilines is 1. The van der Waals surface area contributed by atoms with Crippen LogP contribution < -0.4 is 4.90 Å². The second-order valence-electron chi connectivity index (χ2n) is 5.83. The molecule has 0 saturated carbocycles. The minimum Gasteiger partial charge on any atom is -0.481 e. The van der Waals surface area contributed by atoms with Gasteiger partial charge >= 0.3 is 5.97 Å². The van der Waals surface area contributed by atoms with Gasteiger partial charge in [0.05, 0.1) is 5.41 Å². The van der Waals surface area contributed by atoms with E-state index in [2.05, 4.69) is 4.90 Å². The summed E-state index contributed by atoms with van der Waals surface area (Å²) in [6.45, 7) is 5.24. The molecule has 3 nitrogen and oxygen atoms in total. The van der Waals surface area contributed by atoms with Gasteiger partial charge in [-0.1, -0.05) is 6.07 Å². The summed E-state index contributed by atoms with van der Waals surface area (Å²) in [5, 5.41) is 9.23. The number of carbonyl (C=O) groups is 1. The van der Waals surface area contributed by atoms with Gasteiger partial charge in [-0.2, -0.15) is 0 Å². The van der Waals surface area contributed by atoms with Crippen molar-refractivity contribution in [1.82, 2.24) is 0 Å². The van der Waals surface area contributed by atoms with Crippen LogP contribution >= 0.6 is 0 Å². The molecule has 0 aliphatic carbocycles. The number of aliphatic carboxylic acids is 1. The maximum absolute atomic E-state index is 13.4. The molecule has 1 saturated heterocycles. The van der Waals surface area contributed by atoms with E-state index in [1.165, 1.54) is 12.1 Å². The fraction of sp³-hybridized carbons (Fsp3) is 0.533. The first-order valence-electron chi connectivity index (χ1n) is 6.67. The van der Waals surface area contributed by atoms with Crippen molar-refractivity contribution in [2.45, 2.75) is 33.1 Å². The van der Waals surface area contributed by atoms with Crippen molar-refractivity contribution >= 4 is 11.7 Å². The Bertz CT molecular complexity index is 479. The maximum Gasteiger partial charge on any atom is 0.309 e. The highest BCUT2D eigenvalue weighted by atomic mass is 19.1. The van der Waals surface area contributed by atoms with Crippen LogP contribution in [0.15, 0.2) is 18.2 Å². The number of hydrogen-bond donors (Lipinski definition) is 1. The predicted octanol–water partition coefficient (Wildman–Crippen LogP) is 3.08. The molecule has 0 aromatic heterocycles. The molecule has 4 heteroatoms. The lowest BCUT2D eigenvalue weighted by molar-refractivity contribution is -0.146. The molecule has 104 valence electrons. The van der Waals surface area contributed by atoms with Crippen molar-refractivity contribution in [1.29, 1.82) is 0 Å². The fourth-order valence-corrected chi connectivity index (χ4v) is 2.49. The predicted molar refractivity (Wildman–Crippen MR) is 73.0 cm³/mol. The van der Waals surface area contributed by atoms with Crippen molar-refractivity contribution < 1.29 is 14.3 Å². The number of carboxylic acids is 1. The van der Waals surface area contributed by atoms with Gasteiger partial charge < -0.3 is 10.0 Å². The average Bonchev–Trinajstić information content (AvgIpc) is 2.84. The molecule has 0 atom stereocenters. The Morgan fingerprint density at radius 3 is 2.58 bits per heavy atom. The SMILES string of the molecule is CC(C)(Cc1ccc(F)cc1N1CCCC1)C(=O)O. The van der Waals surface area contributed by atoms with Gasteiger partial charge in [0.25, 0.3) is 0 Å². The summed E-state index contributed by atoms with van der Waals surface area (Å²) < 4.78 is 13.4. The molecule has 2 rings (SSSR count). The molecule has 1 N–H and O–H groups in total. The summed E-state index contributed by atoms with van der Waals surface area (Å²) in [6.07, 6.45) is 2.63. The minimum atomic E-state index is -0.841. The number of carboxylic acid groups (broad SMARTS) is 1. The van der Waals surface area contributed by atoms with Gasteiger partial charge in [0.2, 0.25) is 0 Å². The summed E-state index contributed by atoms with van der Waals surface area (Å²) in [5.41, 5.74) is 0.925. The zero-order chi connectivity index (χ0) is 14.0. The van der Waals surface area contributed by atoms with Crippen LogP contribution in [0.5, 0.6) is 0 Å². The minimum absolute atomic E-state index is 0.265. The Balaban J connectivity index is 2.31. The number of benzene rings is 1. The molecule has 1 aliphatic rings. The molecule has 1 aliphatic heterocycles. The van der Waals surface area contributed by atoms with Crippen LogP contribution in [-0.2, 0) is 11.2 Å². The third-order valence-electron chi connectivity index (χ3n) is 3.71. The molecule has 0 unspecified atom stereocenters. The fourth-order valence-electron chi connectivity index (χ4n) is 2.49. The molecule has 0 amide bonds. The van der Waals surface area contributed by atoms with E-state index in [4.69, 9.17) is 0 Å². The first-order chi connectivity index (χ1) is 8.90. The molecule has 0 radical (unpaired) electrons. The second-order valence-corrected chi connectivity index (χ2v) is 5.83. The molecule has 1 heterocycles. The van der Waals surface area contributed by atoms with Crippen molar-refractivity contribution in [3.8, 4) is 0 Å². The average molecular weight is 265 g/mol. The summed E-state index contributed by atoms with van der Waals surface area (Å²) in [4.78, 5) is 13.4. The van der Waals surface area contributed by atoms with E-state index in [9.17, 15) is 14.3 Å². The smallest absolute Gasteiger partial charge is 0.309 e. The van der Waals surface area contributed by atoms with Crippen LogP contribution in [0.2, 0.25) is 0 Å². The largest absolute Gasteiger partial charge is 0.481 e. The van der Waals surface area contributed by atoms with Crippen LogP contribution in [-0.4, -0.2) is 24.2 Å². The van der Waals surface area contributed by atoms with Crippen molar-refractivity contribution in [2.75, 3.05) is 18.0 Å². The number of hydrogen-bond acceptors (Lipinski definition) is 2. The quantitative estimate of drug-likeness (QED) is 0.909. The van der Waals surface area contributed by atoms with Gasteiger partial charge in [0, 0.05) is 18.8 Å². The molecule has 0 bridgehead atoms. The third kappa shape index (κ3) is 3.06. The van der Waals surface area contributed by atoms with Crippen LogP contribution in [0, 0.1) is 11.2 Å². The van der Waals surface area contributed by atoms with Gasteiger partial charge in [-0.25, -0.2) is 4.39 Å². The molecule has 0 spiro atoms. The first kappa shape index (κ1) is 13.8. The summed E-state index contributed by atoms with van der Waals surface area (Å²) in [6, 6.07) is 4.65. The Morgan fingerprint density at radius 2 is 2.00 bits per heavy atom. The summed E-state index contributed by atoms with van der Waals surface area (Å²) in [5.74, 6) is -1.09. The van der Waals surface area contributed by atoms with E-state index in [-0.39, 0.29) is 5.82 Å². The van der Waals surface area contributed by atoms with Gasteiger partial charge in [0.1, 0.15) is 5.82 Å². The number of halogens is 1. The topological polar surface area (TPSA) is 40.5 Å². The lowest BCUT2D eigenvalue weighted by Gasteiger charge is -2.25. The third-order valence-corrected chi connectivity index (χ3v) is 3.71. The Hall–Kier alpha value is -1.58. The number of nitrogens with zero attached hydrogens (tertiary/aromatic N) is 1. The van der Waals surface area contributed by atoms with Crippen LogP contribution in [0.3, 0.4) is 0 Å². The van der Waals surface area contributed by atoms with Gasteiger partial charge in [-0.05, 0) is 50.8 Å². The van der Waals surface area contributed by atoms with Gasteiger partial charge in [-0.3, -0.25) is 4.79 Å². The first-order valence-corrected chi connectivity index (χ1v) is 6.67. The Labute approximate surface area is 113 Å². The number of rotatable bonds is 4. The lowest BCUT2D eigenvalue weighted by atomic mass is 9.85. The summed E-state index contributed by atoms with van der Waals surface area (Å²) in [7, 11) is 0. The monoisotopic (exact) mass is 265 g/mol. The highest BCUT2D eigenvalue weighted by Gasteiger charge is 2.29. The second kappa shape index (κ2) is 5.19. The van der Waals surface area contributed by atoms with Crippen molar-refractivity contribution in [3.05, 3.63) is 29.6 Å². The van der Waals surface area contributed by atoms with E-state index < -0.39 is 11.4 Å². The molecule has 19 heavy (non-hydrogen) atoms. The van der Waals surface area contributed by atoms with Gasteiger partial charge in [-0.15, -0.1) is 0 Å². The zero-order valence-corrected chi connectivity index (χ0v) is 11.4. The Kier molecular flexibility index (Phi) is 3.78. The maximum atomic E-state index is 13.4. The van der Waals surface area contributed by atoms with E-state index in [0.717, 1.165) is 37.2 Å². The van der Waals surface area contributed by atoms with E-state index >= 15 is 0 Å². The standard InChI is InChI=1S/C15H20FNO2/c1-15(2,14(18)19)10-11-5-6-12(16)9-13(11)17-7-3-4-8-17/h5-6,9H,3-4,7-8,10H2,1-2H3,(H,18,19). The highest BCUT2D eigenvalue weighted by Crippen LogP contribution is 2.31. The Morgan fingerprint density at radius 1 is 1.37 bits per heavy atom. The van der Waals surface area contributed by atoms with Crippen LogP contribution in [0.25, 0.3) is 0 Å². The van der Waals surface area contributed by atoms with Crippen molar-refractivity contribution in [2.24, 2.45) is 5.41 Å². The van der Waals surface area contributed by atoms with Crippen LogP contribution in [0.1, 0.15) is 32.3 Å². The highest BCUT2D eigenvalue weighted by molar-refractivity contribution is 5.74. The molecule has 1 aromatic rings. The normalized spacial score (nSPS) is 15.8. The lowest BCUT2D eigenvalue weighted by Crippen LogP contribution is -2.28. The van der Waals surface area contributed by atoms with E-state index in [1.807, 2.05) is 0 Å². The summed E-state index contributed by atoms with van der Waals surface area (Å²) >= 11 is 0. The molecule has 1 fully saturated rings.